The number of amides is 1. The molecule has 3 aliphatic carbocycles. The normalized spacial score (nSPS) is 21.8. The summed E-state index contributed by atoms with van der Waals surface area (Å²) in [5.41, 5.74) is 5.46. The lowest BCUT2D eigenvalue weighted by Crippen LogP contribution is -2.98. The Labute approximate surface area is 477 Å². The fourth-order valence-electron chi connectivity index (χ4n) is 13.3. The standard InChI is InChI=1S/C62H73F3N8O8S/c1-38(2)44-8-6-7-9-45(44)52-37-71(36-40-10-13-43(14-11-40)80-60(64)65)28-29-73(52)42-33-62(34-42)23-26-72(27-24-62)41-12-15-46(53(30-41)81-54-31-48-49(63)16-17-50(48)68-59(54)79-5)58(74)69-82(77,78)55-32-51(70(4)76)57(56-47(55)20-25-66-56)67-35-39-18-21-61(3,75)22-19-39/h6-16,20,25,30-32,38-39,42,52,60,66-67,70,75H,17-19,21-24,26-29,33-37H2,1-5H3,(H,69,74)/t39-,52-,61-/m0/s1. The Morgan fingerprint density at radius 1 is 0.963 bits per heavy atom. The summed E-state index contributed by atoms with van der Waals surface area (Å²) in [6.45, 7) is 8.68. The van der Waals surface area contributed by atoms with Crippen LogP contribution in [0.5, 0.6) is 23.1 Å². The molecule has 0 bridgehead atoms. The number of nitrogens with one attached hydrogen (secondary N) is 4. The van der Waals surface area contributed by atoms with Gasteiger partial charge < -0.3 is 44.8 Å². The molecule has 5 N–H and O–H groups in total. The number of anilines is 2. The number of aromatic amines is 1. The monoisotopic (exact) mass is 1150 g/mol. The molecular weight excluding hydrogens is 1070 g/mol. The Bertz CT molecular complexity index is 3460. The number of hydrogen-bond donors (Lipinski definition) is 5. The van der Waals surface area contributed by atoms with Gasteiger partial charge >= 0.3 is 6.61 Å². The molecule has 1 unspecified atom stereocenters. The first-order valence-electron chi connectivity index (χ1n) is 28.6. The maximum atomic E-state index is 15.1. The number of fused-ring (bicyclic) bond motifs is 2. The number of sulfonamides is 1. The number of hydrogen-bond acceptors (Lipinski definition) is 13. The number of carbonyl (C=O) groups excluding carboxylic acids is 1. The molecule has 82 heavy (non-hydrogen) atoms. The predicted molar refractivity (Wildman–Crippen MR) is 309 cm³/mol. The highest BCUT2D eigenvalue weighted by Gasteiger charge is 2.50. The quantitative estimate of drug-likeness (QED) is 0.0512. The van der Waals surface area contributed by atoms with E-state index in [9.17, 15) is 32.3 Å². The summed E-state index contributed by atoms with van der Waals surface area (Å²) in [7, 11) is -1.88. The summed E-state index contributed by atoms with van der Waals surface area (Å²) >= 11 is 0. The smallest absolute Gasteiger partial charge is 0.387 e. The number of methoxy groups -OCH3 is 1. The van der Waals surface area contributed by atoms with Crippen molar-refractivity contribution in [3.63, 3.8) is 0 Å². The molecule has 4 heterocycles. The first-order valence-corrected chi connectivity index (χ1v) is 30.0. The number of benzene rings is 4. The summed E-state index contributed by atoms with van der Waals surface area (Å²) < 4.78 is 88.9. The Morgan fingerprint density at radius 2 is 1.71 bits per heavy atom. The Morgan fingerprint density at radius 3 is 2.41 bits per heavy atom. The molecule has 1 spiro atoms. The van der Waals surface area contributed by atoms with E-state index in [-0.39, 0.29) is 79.1 Å². The van der Waals surface area contributed by atoms with Crippen LogP contribution in [0.3, 0.4) is 0 Å². The van der Waals surface area contributed by atoms with Gasteiger partial charge in [0, 0.05) is 99.3 Å². The lowest BCUT2D eigenvalue weighted by molar-refractivity contribution is -0.750. The second kappa shape index (κ2) is 23.2. The van der Waals surface area contributed by atoms with Crippen LogP contribution in [-0.2, 0) is 23.0 Å². The molecule has 2 atom stereocenters. The van der Waals surface area contributed by atoms with Crippen molar-refractivity contribution in [2.75, 3.05) is 63.6 Å². The van der Waals surface area contributed by atoms with Gasteiger partial charge in [0.15, 0.2) is 11.4 Å². The summed E-state index contributed by atoms with van der Waals surface area (Å²) in [5, 5.41) is 27.1. The number of aliphatic hydroxyl groups is 1. The third-order valence-electron chi connectivity index (χ3n) is 17.9. The molecule has 4 fully saturated rings. The molecule has 20 heteroatoms. The molecule has 2 saturated carbocycles. The van der Waals surface area contributed by atoms with E-state index in [1.807, 2.05) is 19.1 Å². The molecular formula is C62H73F3N8O8S. The average molecular weight is 1150 g/mol. The molecule has 1 amide bonds. The first kappa shape index (κ1) is 57.2. The number of halogens is 3. The van der Waals surface area contributed by atoms with E-state index in [4.69, 9.17) is 9.47 Å². The van der Waals surface area contributed by atoms with Gasteiger partial charge in [0.05, 0.1) is 36.5 Å². The molecule has 6 aromatic rings. The average Bonchev–Trinajstić information content (AvgIpc) is 2.84. The van der Waals surface area contributed by atoms with Crippen LogP contribution in [0.2, 0.25) is 0 Å². The first-order chi connectivity index (χ1) is 39.3. The molecule has 11 rings (SSSR count). The molecule has 4 aromatic carbocycles. The van der Waals surface area contributed by atoms with Crippen LogP contribution in [-0.4, -0.2) is 111 Å². The zero-order chi connectivity index (χ0) is 57.7. The predicted octanol–water partition coefficient (Wildman–Crippen LogP) is 10.4. The Balaban J connectivity index is 0.818. The SMILES string of the molecule is COc1nc2c(cc1Oc1cc(N3CCC4(CC3)CC(N3CCN(Cc5ccc(OC(F)F)cc5)C[C@H]3c3ccccc3C(C)C)C4)ccc1C(=O)NS(=O)(=O)c1cc([NH+](C)[O-])c(NC[C@H]3CC[C@](C)(O)CC3)c3[nH]ccc13)C(F)=CC2. The molecule has 2 saturated heterocycles. The lowest BCUT2D eigenvalue weighted by atomic mass is 9.59. The third kappa shape index (κ3) is 11.9. The van der Waals surface area contributed by atoms with E-state index in [2.05, 4.69) is 77.6 Å². The van der Waals surface area contributed by atoms with Crippen molar-refractivity contribution in [2.24, 2.45) is 11.3 Å². The fraction of sp³-hybridized carbons (Fsp3) is 0.452. The minimum absolute atomic E-state index is 0.00116. The van der Waals surface area contributed by atoms with Crippen molar-refractivity contribution >= 4 is 49.7 Å². The largest absolute Gasteiger partial charge is 0.629 e. The van der Waals surface area contributed by atoms with Crippen LogP contribution in [0.4, 0.5) is 30.2 Å². The van der Waals surface area contributed by atoms with E-state index >= 15 is 4.39 Å². The van der Waals surface area contributed by atoms with Crippen LogP contribution in [0.1, 0.15) is 122 Å². The number of quaternary nitrogens is 1. The highest BCUT2D eigenvalue weighted by atomic mass is 32.2. The second-order valence-corrected chi connectivity index (χ2v) is 25.4. The van der Waals surface area contributed by atoms with Gasteiger partial charge in [0.25, 0.3) is 21.8 Å². The molecule has 2 aromatic heterocycles. The third-order valence-corrected chi connectivity index (χ3v) is 19.2. The summed E-state index contributed by atoms with van der Waals surface area (Å²) in [6, 6.07) is 25.6. The number of ether oxygens (including phenoxy) is 3. The highest BCUT2D eigenvalue weighted by Crippen LogP contribution is 2.54. The molecule has 2 aliphatic heterocycles. The van der Waals surface area contributed by atoms with Crippen molar-refractivity contribution in [3.8, 4) is 23.1 Å². The number of piperidine rings is 1. The zero-order valence-electron chi connectivity index (χ0n) is 47.1. The van der Waals surface area contributed by atoms with Gasteiger partial charge in [-0.1, -0.05) is 50.2 Å². The Hall–Kier alpha value is -6.68. The van der Waals surface area contributed by atoms with Crippen LogP contribution >= 0.6 is 0 Å². The van der Waals surface area contributed by atoms with Crippen molar-refractivity contribution < 1.29 is 50.8 Å². The van der Waals surface area contributed by atoms with Crippen LogP contribution < -0.4 is 34.2 Å². The fourth-order valence-corrected chi connectivity index (χ4v) is 14.5. The highest BCUT2D eigenvalue weighted by molar-refractivity contribution is 7.90. The number of rotatable bonds is 18. The van der Waals surface area contributed by atoms with Gasteiger partial charge in [-0.15, -0.1) is 0 Å². The van der Waals surface area contributed by atoms with E-state index in [1.54, 1.807) is 36.5 Å². The van der Waals surface area contributed by atoms with Gasteiger partial charge in [-0.25, -0.2) is 22.5 Å². The lowest BCUT2D eigenvalue weighted by Gasteiger charge is -2.58. The minimum atomic E-state index is -4.66. The van der Waals surface area contributed by atoms with E-state index < -0.39 is 34.0 Å². The van der Waals surface area contributed by atoms with Crippen LogP contribution in [0.15, 0.2) is 102 Å². The van der Waals surface area contributed by atoms with Gasteiger partial charge in [-0.05, 0) is 135 Å². The van der Waals surface area contributed by atoms with Crippen molar-refractivity contribution in [3.05, 3.63) is 136 Å². The number of allylic oxidation sites excluding steroid dienone is 1. The second-order valence-electron chi connectivity index (χ2n) is 23.7. The van der Waals surface area contributed by atoms with E-state index in [0.29, 0.717) is 54.8 Å². The van der Waals surface area contributed by atoms with Gasteiger partial charge in [0.2, 0.25) is 0 Å². The van der Waals surface area contributed by atoms with Crippen LogP contribution in [0.25, 0.3) is 16.7 Å². The molecule has 436 valence electrons. The number of pyridine rings is 1. The zero-order valence-corrected chi connectivity index (χ0v) is 47.9. The minimum Gasteiger partial charge on any atom is -0.629 e. The number of aromatic nitrogens is 2. The number of hydroxylamine groups is 1. The van der Waals surface area contributed by atoms with E-state index in [1.165, 1.54) is 49.6 Å². The number of nitrogens with zero attached hydrogens (tertiary/aromatic N) is 4. The summed E-state index contributed by atoms with van der Waals surface area (Å²) in [5.74, 6) is -0.645. The summed E-state index contributed by atoms with van der Waals surface area (Å²) in [6.07, 6.45) is 10.1. The number of piperazine rings is 1. The number of alkyl halides is 2. The van der Waals surface area contributed by atoms with Crippen molar-refractivity contribution in [1.29, 1.82) is 0 Å². The van der Waals surface area contributed by atoms with Gasteiger partial charge in [-0.2, -0.15) is 8.78 Å². The molecule has 16 nitrogen and oxygen atoms in total. The van der Waals surface area contributed by atoms with Gasteiger partial charge in [-0.3, -0.25) is 14.6 Å². The maximum absolute atomic E-state index is 15.1. The van der Waals surface area contributed by atoms with Crippen molar-refractivity contribution in [1.82, 2.24) is 24.5 Å². The van der Waals surface area contributed by atoms with Crippen LogP contribution in [0, 0.1) is 16.5 Å². The Kier molecular flexibility index (Phi) is 16.1. The molecule has 5 aliphatic rings. The summed E-state index contributed by atoms with van der Waals surface area (Å²) in [4.78, 5) is 29.4. The topological polar surface area (TPSA) is 189 Å². The van der Waals surface area contributed by atoms with Gasteiger partial charge in [0.1, 0.15) is 27.9 Å². The molecule has 0 radical (unpaired) electrons. The number of H-pyrrole nitrogens is 1. The van der Waals surface area contributed by atoms with E-state index in [0.717, 1.165) is 82.5 Å². The van der Waals surface area contributed by atoms with Crippen molar-refractivity contribution in [2.45, 2.75) is 120 Å². The maximum Gasteiger partial charge on any atom is 0.387 e. The number of carbonyl (C=O) groups is 1.